The van der Waals surface area contributed by atoms with E-state index in [1.807, 2.05) is 0 Å². The number of carbonyl (C=O) groups excluding carboxylic acids is 2. The van der Waals surface area contributed by atoms with Gasteiger partial charge in [-0.1, -0.05) is 31.5 Å². The largest absolute Gasteiger partial charge is 0.486 e. The Hall–Kier alpha value is -2.87. The van der Waals surface area contributed by atoms with Crippen LogP contribution in [0.4, 0.5) is 8.78 Å². The average Bonchev–Trinajstić information content (AvgIpc) is 2.71. The maximum Gasteiger partial charge on any atom is 0.257 e. The van der Waals surface area contributed by atoms with Gasteiger partial charge in [-0.05, 0) is 42.2 Å². The highest BCUT2D eigenvalue weighted by molar-refractivity contribution is 6.32. The van der Waals surface area contributed by atoms with E-state index in [4.69, 9.17) is 21.1 Å². The molecule has 0 radical (unpaired) electrons. The third kappa shape index (κ3) is 5.44. The zero-order valence-corrected chi connectivity index (χ0v) is 17.9. The van der Waals surface area contributed by atoms with E-state index >= 15 is 0 Å². The fourth-order valence-electron chi connectivity index (χ4n) is 3.21. The van der Waals surface area contributed by atoms with Gasteiger partial charge in [-0.3, -0.25) is 9.59 Å². The third-order valence-corrected chi connectivity index (χ3v) is 5.08. The number of hydrogen-bond donors (Lipinski definition) is 2. The SMILES string of the molecule is CC(C)C(NC(=O)c1c(F)cccc1F)C(=O)NCCc1cc(Cl)c2c(c1)OCCO2. The number of ether oxygens (including phenoxy) is 2. The lowest BCUT2D eigenvalue weighted by atomic mass is 10.0. The summed E-state index contributed by atoms with van der Waals surface area (Å²) in [5.41, 5.74) is 0.125. The third-order valence-electron chi connectivity index (χ3n) is 4.80. The maximum atomic E-state index is 13.9. The lowest BCUT2D eigenvalue weighted by molar-refractivity contribution is -0.123. The molecule has 1 aliphatic heterocycles. The summed E-state index contributed by atoms with van der Waals surface area (Å²) in [6.45, 7) is 4.58. The molecule has 1 atom stereocenters. The molecular formula is C22H23ClF2N2O4. The molecule has 3 rings (SSSR count). The van der Waals surface area contributed by atoms with Crippen molar-refractivity contribution in [3.05, 3.63) is 58.1 Å². The Morgan fingerprint density at radius 1 is 1.13 bits per heavy atom. The first-order valence-electron chi connectivity index (χ1n) is 9.88. The van der Waals surface area contributed by atoms with Gasteiger partial charge in [0.2, 0.25) is 5.91 Å². The quantitative estimate of drug-likeness (QED) is 0.674. The molecule has 2 amide bonds. The molecule has 6 nitrogen and oxygen atoms in total. The molecule has 0 saturated carbocycles. The van der Waals surface area contributed by atoms with Crippen LogP contribution in [0.1, 0.15) is 29.8 Å². The van der Waals surface area contributed by atoms with Gasteiger partial charge in [0.25, 0.3) is 5.91 Å². The van der Waals surface area contributed by atoms with E-state index in [0.29, 0.717) is 36.2 Å². The van der Waals surface area contributed by atoms with E-state index in [1.165, 1.54) is 0 Å². The summed E-state index contributed by atoms with van der Waals surface area (Å²) in [5.74, 6) is -2.66. The van der Waals surface area contributed by atoms with Crippen LogP contribution in [-0.4, -0.2) is 37.6 Å². The van der Waals surface area contributed by atoms with Crippen molar-refractivity contribution < 1.29 is 27.8 Å². The first-order chi connectivity index (χ1) is 14.8. The summed E-state index contributed by atoms with van der Waals surface area (Å²) >= 11 is 6.22. The molecule has 1 unspecified atom stereocenters. The molecule has 2 aromatic carbocycles. The van der Waals surface area contributed by atoms with Crippen molar-refractivity contribution in [1.82, 2.24) is 10.6 Å². The van der Waals surface area contributed by atoms with Gasteiger partial charge in [-0.2, -0.15) is 0 Å². The van der Waals surface area contributed by atoms with Crippen LogP contribution in [0.15, 0.2) is 30.3 Å². The standard InChI is InChI=1S/C22H23ClF2N2O4/c1-12(2)19(27-21(28)18-15(24)4-3-5-16(18)25)22(29)26-7-6-13-10-14(23)20-17(11-13)30-8-9-31-20/h3-5,10-12,19H,6-9H2,1-2H3,(H,26,29)(H,27,28). The molecule has 0 fully saturated rings. The average molecular weight is 453 g/mol. The van der Waals surface area contributed by atoms with Crippen LogP contribution in [0, 0.1) is 17.6 Å². The van der Waals surface area contributed by atoms with Crippen LogP contribution in [0.5, 0.6) is 11.5 Å². The van der Waals surface area contributed by atoms with Crippen molar-refractivity contribution in [3.8, 4) is 11.5 Å². The summed E-state index contributed by atoms with van der Waals surface area (Å²) in [6, 6.07) is 5.72. The molecule has 0 bridgehead atoms. The molecule has 31 heavy (non-hydrogen) atoms. The van der Waals surface area contributed by atoms with Crippen LogP contribution < -0.4 is 20.1 Å². The van der Waals surface area contributed by atoms with Gasteiger partial charge in [0, 0.05) is 6.54 Å². The molecule has 0 aliphatic carbocycles. The topological polar surface area (TPSA) is 76.7 Å². The normalized spacial score (nSPS) is 13.6. The Morgan fingerprint density at radius 2 is 1.81 bits per heavy atom. The molecule has 1 heterocycles. The van der Waals surface area contributed by atoms with Crippen LogP contribution >= 0.6 is 11.6 Å². The molecule has 1 aliphatic rings. The summed E-state index contributed by atoms with van der Waals surface area (Å²) in [4.78, 5) is 25.0. The van der Waals surface area contributed by atoms with Gasteiger partial charge >= 0.3 is 0 Å². The van der Waals surface area contributed by atoms with E-state index in [0.717, 1.165) is 23.8 Å². The van der Waals surface area contributed by atoms with Crippen LogP contribution in [0.3, 0.4) is 0 Å². The smallest absolute Gasteiger partial charge is 0.257 e. The number of amides is 2. The van der Waals surface area contributed by atoms with E-state index in [2.05, 4.69) is 10.6 Å². The number of hydrogen-bond acceptors (Lipinski definition) is 4. The van der Waals surface area contributed by atoms with Gasteiger partial charge in [0.1, 0.15) is 36.5 Å². The number of halogens is 3. The Balaban J connectivity index is 1.61. The molecule has 2 aromatic rings. The predicted octanol–water partition coefficient (Wildman–Crippen LogP) is 3.50. The number of carbonyl (C=O) groups is 2. The minimum atomic E-state index is -0.990. The lowest BCUT2D eigenvalue weighted by Crippen LogP contribution is -2.50. The van der Waals surface area contributed by atoms with Gasteiger partial charge < -0.3 is 20.1 Å². The fourth-order valence-corrected chi connectivity index (χ4v) is 3.50. The minimum absolute atomic E-state index is 0.266. The number of rotatable bonds is 7. The molecule has 9 heteroatoms. The number of nitrogens with one attached hydrogen (secondary N) is 2. The van der Waals surface area contributed by atoms with Crippen molar-refractivity contribution in [2.24, 2.45) is 5.92 Å². The van der Waals surface area contributed by atoms with Crippen molar-refractivity contribution in [1.29, 1.82) is 0 Å². The predicted molar refractivity (Wildman–Crippen MR) is 112 cm³/mol. The Morgan fingerprint density at radius 3 is 2.48 bits per heavy atom. The first-order valence-corrected chi connectivity index (χ1v) is 10.3. The highest BCUT2D eigenvalue weighted by Gasteiger charge is 2.27. The highest BCUT2D eigenvalue weighted by Crippen LogP contribution is 2.38. The molecule has 0 spiro atoms. The second-order valence-corrected chi connectivity index (χ2v) is 7.84. The lowest BCUT2D eigenvalue weighted by Gasteiger charge is -2.22. The van der Waals surface area contributed by atoms with E-state index in [-0.39, 0.29) is 12.5 Å². The van der Waals surface area contributed by atoms with Crippen molar-refractivity contribution in [2.45, 2.75) is 26.3 Å². The summed E-state index contributed by atoms with van der Waals surface area (Å²) in [5, 5.41) is 5.59. The Bertz CT molecular complexity index is 964. The monoisotopic (exact) mass is 452 g/mol. The molecule has 0 aromatic heterocycles. The summed E-state index contributed by atoms with van der Waals surface area (Å²) < 4.78 is 38.8. The number of benzene rings is 2. The summed E-state index contributed by atoms with van der Waals surface area (Å²) in [7, 11) is 0. The van der Waals surface area contributed by atoms with Gasteiger partial charge in [-0.15, -0.1) is 0 Å². The van der Waals surface area contributed by atoms with Gasteiger partial charge in [0.05, 0.1) is 5.02 Å². The van der Waals surface area contributed by atoms with Gasteiger partial charge in [-0.25, -0.2) is 8.78 Å². The van der Waals surface area contributed by atoms with Crippen molar-refractivity contribution in [2.75, 3.05) is 19.8 Å². The maximum absolute atomic E-state index is 13.9. The number of fused-ring (bicyclic) bond motifs is 1. The second-order valence-electron chi connectivity index (χ2n) is 7.43. The van der Waals surface area contributed by atoms with E-state index in [1.54, 1.807) is 26.0 Å². The summed E-state index contributed by atoms with van der Waals surface area (Å²) in [6.07, 6.45) is 0.461. The van der Waals surface area contributed by atoms with Crippen molar-refractivity contribution in [3.63, 3.8) is 0 Å². The fraction of sp³-hybridized carbons (Fsp3) is 0.364. The molecular weight excluding hydrogens is 430 g/mol. The van der Waals surface area contributed by atoms with E-state index < -0.39 is 35.1 Å². The Kier molecular flexibility index (Phi) is 7.33. The zero-order valence-electron chi connectivity index (χ0n) is 17.1. The minimum Gasteiger partial charge on any atom is -0.486 e. The molecule has 166 valence electrons. The molecule has 0 saturated heterocycles. The van der Waals surface area contributed by atoms with Gasteiger partial charge in [0.15, 0.2) is 11.5 Å². The Labute approximate surface area is 183 Å². The molecule has 2 N–H and O–H groups in total. The van der Waals surface area contributed by atoms with Crippen LogP contribution in [0.25, 0.3) is 0 Å². The van der Waals surface area contributed by atoms with Crippen LogP contribution in [-0.2, 0) is 11.2 Å². The first kappa shape index (κ1) is 22.8. The van der Waals surface area contributed by atoms with Crippen molar-refractivity contribution >= 4 is 23.4 Å². The second kappa shape index (κ2) is 9.96. The highest BCUT2D eigenvalue weighted by atomic mass is 35.5. The van der Waals surface area contributed by atoms with Crippen LogP contribution in [0.2, 0.25) is 5.02 Å². The van der Waals surface area contributed by atoms with E-state index in [9.17, 15) is 18.4 Å². The zero-order chi connectivity index (χ0) is 22.5.